The summed E-state index contributed by atoms with van der Waals surface area (Å²) in [6.45, 7) is 0. The SMILES string of the molecule is N=NC(c1ccc(C=O)cc1)C(F)(F)F. The first-order valence-corrected chi connectivity index (χ1v) is 3.97. The maximum Gasteiger partial charge on any atom is 0.416 e. The Labute approximate surface area is 83.4 Å². The lowest BCUT2D eigenvalue weighted by Gasteiger charge is -2.14. The third-order valence-corrected chi connectivity index (χ3v) is 1.83. The Hall–Kier alpha value is -1.72. The number of carbonyl (C=O) groups excluding carboxylic acids is 1. The normalized spacial score (nSPS) is 13.3. The zero-order valence-electron chi connectivity index (χ0n) is 7.45. The van der Waals surface area contributed by atoms with E-state index in [0.29, 0.717) is 6.29 Å². The average molecular weight is 216 g/mol. The van der Waals surface area contributed by atoms with Crippen molar-refractivity contribution in [1.29, 1.82) is 5.53 Å². The van der Waals surface area contributed by atoms with E-state index in [9.17, 15) is 18.0 Å². The summed E-state index contributed by atoms with van der Waals surface area (Å²) < 4.78 is 36.9. The fraction of sp³-hybridized carbons (Fsp3) is 0.222. The maximum absolute atomic E-state index is 12.3. The molecule has 0 saturated heterocycles. The van der Waals surface area contributed by atoms with Crippen LogP contribution in [0.25, 0.3) is 0 Å². The zero-order valence-corrected chi connectivity index (χ0v) is 7.45. The van der Waals surface area contributed by atoms with Gasteiger partial charge in [-0.25, -0.2) is 5.53 Å². The van der Waals surface area contributed by atoms with Gasteiger partial charge in [-0.1, -0.05) is 24.3 Å². The summed E-state index contributed by atoms with van der Waals surface area (Å²) in [5, 5.41) is 2.52. The van der Waals surface area contributed by atoms with E-state index in [1.807, 2.05) is 0 Å². The lowest BCUT2D eigenvalue weighted by Crippen LogP contribution is -2.18. The van der Waals surface area contributed by atoms with Gasteiger partial charge in [-0.2, -0.15) is 18.3 Å². The number of hydrogen-bond acceptors (Lipinski definition) is 3. The summed E-state index contributed by atoms with van der Waals surface area (Å²) in [7, 11) is 0. The summed E-state index contributed by atoms with van der Waals surface area (Å²) in [5.74, 6) is 0. The van der Waals surface area contributed by atoms with Crippen LogP contribution in [0.5, 0.6) is 0 Å². The van der Waals surface area contributed by atoms with Gasteiger partial charge in [0.1, 0.15) is 6.29 Å². The highest BCUT2D eigenvalue weighted by Crippen LogP contribution is 2.35. The number of carbonyl (C=O) groups is 1. The van der Waals surface area contributed by atoms with Crippen molar-refractivity contribution >= 4 is 6.29 Å². The molecule has 1 atom stereocenters. The molecule has 1 rings (SSSR count). The molecule has 0 spiro atoms. The lowest BCUT2D eigenvalue weighted by molar-refractivity contribution is -0.150. The summed E-state index contributed by atoms with van der Waals surface area (Å²) in [4.78, 5) is 10.3. The second kappa shape index (κ2) is 4.20. The molecule has 1 N–H and O–H groups in total. The van der Waals surface area contributed by atoms with Crippen LogP contribution in [-0.4, -0.2) is 12.5 Å². The van der Waals surface area contributed by atoms with Crippen LogP contribution in [0.15, 0.2) is 29.4 Å². The first-order valence-electron chi connectivity index (χ1n) is 3.97. The first-order chi connectivity index (χ1) is 6.99. The van der Waals surface area contributed by atoms with Crippen molar-refractivity contribution in [3.8, 4) is 0 Å². The molecule has 0 amide bonds. The Kier molecular flexibility index (Phi) is 3.18. The molecule has 80 valence electrons. The quantitative estimate of drug-likeness (QED) is 0.612. The fourth-order valence-corrected chi connectivity index (χ4v) is 1.09. The number of benzene rings is 1. The average Bonchev–Trinajstić information content (AvgIpc) is 2.18. The van der Waals surface area contributed by atoms with Crippen LogP contribution < -0.4 is 0 Å². The summed E-state index contributed by atoms with van der Waals surface area (Å²) in [5.41, 5.74) is 6.62. The first kappa shape index (κ1) is 11.4. The Morgan fingerprint density at radius 1 is 1.27 bits per heavy atom. The minimum absolute atomic E-state index is 0.150. The van der Waals surface area contributed by atoms with E-state index >= 15 is 0 Å². The molecule has 0 aliphatic rings. The van der Waals surface area contributed by atoms with Gasteiger partial charge in [0, 0.05) is 5.56 Å². The topological polar surface area (TPSA) is 53.3 Å². The highest BCUT2D eigenvalue weighted by molar-refractivity contribution is 5.74. The Balaban J connectivity index is 3.03. The van der Waals surface area contributed by atoms with Crippen molar-refractivity contribution in [3.63, 3.8) is 0 Å². The van der Waals surface area contributed by atoms with Gasteiger partial charge in [-0.3, -0.25) is 4.79 Å². The highest BCUT2D eigenvalue weighted by Gasteiger charge is 2.41. The minimum atomic E-state index is -4.58. The smallest absolute Gasteiger partial charge is 0.298 e. The van der Waals surface area contributed by atoms with E-state index in [2.05, 4.69) is 5.11 Å². The fourth-order valence-electron chi connectivity index (χ4n) is 1.09. The Morgan fingerprint density at radius 3 is 2.13 bits per heavy atom. The standard InChI is InChI=1S/C9H7F3N2O/c10-9(11,12)8(14-13)7-3-1-6(5-15)2-4-7/h1-5,8,13H. The monoisotopic (exact) mass is 216 g/mol. The predicted molar refractivity (Wildman–Crippen MR) is 45.8 cm³/mol. The van der Waals surface area contributed by atoms with E-state index < -0.39 is 12.2 Å². The van der Waals surface area contributed by atoms with Crippen LogP contribution in [0, 0.1) is 5.53 Å². The van der Waals surface area contributed by atoms with Crippen LogP contribution in [0.3, 0.4) is 0 Å². The number of hydrogen-bond donors (Lipinski definition) is 1. The van der Waals surface area contributed by atoms with Crippen molar-refractivity contribution in [2.24, 2.45) is 5.11 Å². The van der Waals surface area contributed by atoms with Crippen molar-refractivity contribution in [3.05, 3.63) is 35.4 Å². The van der Waals surface area contributed by atoms with Gasteiger partial charge in [0.15, 0.2) is 6.04 Å². The molecular weight excluding hydrogens is 209 g/mol. The highest BCUT2D eigenvalue weighted by atomic mass is 19.4. The largest absolute Gasteiger partial charge is 0.416 e. The van der Waals surface area contributed by atoms with Crippen molar-refractivity contribution in [2.45, 2.75) is 12.2 Å². The number of rotatable bonds is 3. The molecule has 0 aliphatic carbocycles. The van der Waals surface area contributed by atoms with Gasteiger partial charge in [0.05, 0.1) is 0 Å². The van der Waals surface area contributed by atoms with Crippen molar-refractivity contribution in [1.82, 2.24) is 0 Å². The van der Waals surface area contributed by atoms with Crippen LogP contribution in [-0.2, 0) is 0 Å². The third-order valence-electron chi connectivity index (χ3n) is 1.83. The van der Waals surface area contributed by atoms with E-state index in [1.54, 1.807) is 0 Å². The van der Waals surface area contributed by atoms with Crippen molar-refractivity contribution in [2.75, 3.05) is 0 Å². The number of halogens is 3. The van der Waals surface area contributed by atoms with Crippen LogP contribution in [0.2, 0.25) is 0 Å². The van der Waals surface area contributed by atoms with E-state index in [1.165, 1.54) is 12.1 Å². The molecule has 6 heteroatoms. The molecule has 0 fully saturated rings. The van der Waals surface area contributed by atoms with Gasteiger partial charge in [0.2, 0.25) is 0 Å². The molecule has 0 bridgehead atoms. The number of nitrogens with one attached hydrogen (secondary N) is 1. The number of nitrogens with zero attached hydrogens (tertiary/aromatic N) is 1. The summed E-state index contributed by atoms with van der Waals surface area (Å²) in [6, 6.07) is 2.64. The molecule has 0 aliphatic heterocycles. The Bertz CT molecular complexity index is 359. The minimum Gasteiger partial charge on any atom is -0.298 e. The number of alkyl halides is 3. The molecule has 1 aromatic carbocycles. The predicted octanol–water partition coefficient (Wildman–Crippen LogP) is 3.13. The molecule has 0 heterocycles. The van der Waals surface area contributed by atoms with Gasteiger partial charge in [-0.15, -0.1) is 0 Å². The molecule has 3 nitrogen and oxygen atoms in total. The lowest BCUT2D eigenvalue weighted by atomic mass is 10.1. The molecule has 0 aromatic heterocycles. The van der Waals surface area contributed by atoms with Gasteiger partial charge < -0.3 is 0 Å². The molecule has 0 saturated carbocycles. The van der Waals surface area contributed by atoms with Gasteiger partial charge in [0.25, 0.3) is 0 Å². The Morgan fingerprint density at radius 2 is 1.80 bits per heavy atom. The second-order valence-corrected chi connectivity index (χ2v) is 2.86. The van der Waals surface area contributed by atoms with E-state index in [4.69, 9.17) is 5.53 Å². The molecule has 1 aromatic rings. The van der Waals surface area contributed by atoms with Gasteiger partial charge in [-0.05, 0) is 5.56 Å². The number of aldehydes is 1. The van der Waals surface area contributed by atoms with E-state index in [0.717, 1.165) is 12.1 Å². The van der Waals surface area contributed by atoms with Crippen LogP contribution >= 0.6 is 0 Å². The van der Waals surface area contributed by atoms with Crippen LogP contribution in [0.4, 0.5) is 13.2 Å². The van der Waals surface area contributed by atoms with Gasteiger partial charge >= 0.3 is 6.18 Å². The maximum atomic E-state index is 12.3. The molecule has 15 heavy (non-hydrogen) atoms. The zero-order chi connectivity index (χ0) is 11.5. The van der Waals surface area contributed by atoms with E-state index in [-0.39, 0.29) is 11.1 Å². The summed E-state index contributed by atoms with van der Waals surface area (Å²) in [6.07, 6.45) is -4.05. The summed E-state index contributed by atoms with van der Waals surface area (Å²) >= 11 is 0. The van der Waals surface area contributed by atoms with Crippen LogP contribution in [0.1, 0.15) is 22.0 Å². The van der Waals surface area contributed by atoms with Crippen molar-refractivity contribution < 1.29 is 18.0 Å². The molecule has 1 unspecified atom stereocenters. The molecular formula is C9H7F3N2O. The molecule has 0 radical (unpaired) electrons. The third kappa shape index (κ3) is 2.61. The second-order valence-electron chi connectivity index (χ2n) is 2.86.